The Kier molecular flexibility index (Phi) is 4.45. The summed E-state index contributed by atoms with van der Waals surface area (Å²) < 4.78 is 0. The van der Waals surface area contributed by atoms with E-state index in [2.05, 4.69) is 4.90 Å². The van der Waals surface area contributed by atoms with E-state index in [1.807, 2.05) is 13.1 Å². The molecule has 1 aromatic carbocycles. The summed E-state index contributed by atoms with van der Waals surface area (Å²) >= 11 is 0. The molecular formula is C19H27NO4. The zero-order valence-corrected chi connectivity index (χ0v) is 14.2. The van der Waals surface area contributed by atoms with Gasteiger partial charge in [-0.3, -0.25) is 4.79 Å². The van der Waals surface area contributed by atoms with Gasteiger partial charge in [-0.1, -0.05) is 43.2 Å². The number of carbonyl (C=O) groups is 1. The number of piperidine rings is 1. The van der Waals surface area contributed by atoms with Crippen LogP contribution in [-0.4, -0.2) is 57.5 Å². The van der Waals surface area contributed by atoms with Gasteiger partial charge >= 0.3 is 5.97 Å². The maximum Gasteiger partial charge on any atom is 0.320 e. The van der Waals surface area contributed by atoms with Crippen molar-refractivity contribution in [3.05, 3.63) is 35.9 Å². The quantitative estimate of drug-likeness (QED) is 0.782. The third-order valence-corrected chi connectivity index (χ3v) is 6.17. The number of hydrogen-bond acceptors (Lipinski definition) is 4. The van der Waals surface area contributed by atoms with Crippen molar-refractivity contribution in [1.29, 1.82) is 0 Å². The van der Waals surface area contributed by atoms with E-state index in [1.165, 1.54) is 0 Å². The molecule has 1 saturated heterocycles. The van der Waals surface area contributed by atoms with Gasteiger partial charge in [-0.25, -0.2) is 0 Å². The Morgan fingerprint density at radius 2 is 1.50 bits per heavy atom. The van der Waals surface area contributed by atoms with Crippen LogP contribution in [0.15, 0.2) is 30.3 Å². The first-order valence-electron chi connectivity index (χ1n) is 8.78. The minimum Gasteiger partial charge on any atom is -0.480 e. The lowest BCUT2D eigenvalue weighted by atomic mass is 9.54. The predicted octanol–water partition coefficient (Wildman–Crippen LogP) is 1.77. The number of carboxylic acids is 1. The average Bonchev–Trinajstić information content (AvgIpc) is 2.99. The second-order valence-electron chi connectivity index (χ2n) is 7.49. The van der Waals surface area contributed by atoms with Gasteiger partial charge in [-0.05, 0) is 38.3 Å². The Hall–Kier alpha value is -1.43. The number of nitrogens with zero attached hydrogens (tertiary/aromatic N) is 1. The number of likely N-dealkylation sites (tertiary alicyclic amines) is 1. The molecule has 0 amide bonds. The molecule has 0 radical (unpaired) electrons. The molecule has 3 N–H and O–H groups in total. The molecule has 3 rings (SSSR count). The number of benzene rings is 1. The molecule has 5 nitrogen and oxygen atoms in total. The van der Waals surface area contributed by atoms with Crippen LogP contribution in [0.5, 0.6) is 0 Å². The molecule has 1 aromatic rings. The first-order chi connectivity index (χ1) is 11.4. The summed E-state index contributed by atoms with van der Waals surface area (Å²) in [6.45, 7) is 1.24. The van der Waals surface area contributed by atoms with Crippen LogP contribution in [0, 0.1) is 0 Å². The first kappa shape index (κ1) is 17.4. The fourth-order valence-electron chi connectivity index (χ4n) is 4.88. The number of carboxylic acid groups (broad SMARTS) is 1. The Labute approximate surface area is 142 Å². The molecule has 2 fully saturated rings. The van der Waals surface area contributed by atoms with Crippen LogP contribution in [0.3, 0.4) is 0 Å². The molecule has 1 unspecified atom stereocenters. The van der Waals surface area contributed by atoms with Gasteiger partial charge in [0.15, 0.2) is 0 Å². The van der Waals surface area contributed by atoms with Crippen molar-refractivity contribution in [2.24, 2.45) is 0 Å². The van der Waals surface area contributed by atoms with Crippen LogP contribution in [0.1, 0.15) is 44.1 Å². The minimum atomic E-state index is -1.70. The summed E-state index contributed by atoms with van der Waals surface area (Å²) in [5.74, 6) is -1.12. The summed E-state index contributed by atoms with van der Waals surface area (Å²) in [5, 5.41) is 33.4. The van der Waals surface area contributed by atoms with E-state index in [4.69, 9.17) is 0 Å². The van der Waals surface area contributed by atoms with Crippen molar-refractivity contribution in [3.8, 4) is 0 Å². The first-order valence-corrected chi connectivity index (χ1v) is 8.78. The monoisotopic (exact) mass is 333 g/mol. The lowest BCUT2D eigenvalue weighted by Gasteiger charge is -2.54. The molecule has 0 bridgehead atoms. The smallest absolute Gasteiger partial charge is 0.320 e. The minimum absolute atomic E-state index is 0.340. The highest BCUT2D eigenvalue weighted by molar-refractivity contribution is 5.85. The van der Waals surface area contributed by atoms with Crippen LogP contribution >= 0.6 is 0 Å². The molecule has 1 saturated carbocycles. The van der Waals surface area contributed by atoms with E-state index in [1.54, 1.807) is 24.3 Å². The molecule has 0 spiro atoms. The summed E-state index contributed by atoms with van der Waals surface area (Å²) in [6.07, 6.45) is 3.07. The SMILES string of the molecule is CN1CCC(O)(C(C(=O)O)(c2ccccc2)C2(O)CCCC2)CC1. The van der Waals surface area contributed by atoms with Crippen LogP contribution in [0.2, 0.25) is 0 Å². The maximum atomic E-state index is 12.7. The van der Waals surface area contributed by atoms with Crippen LogP contribution in [0.25, 0.3) is 0 Å². The number of hydrogen-bond donors (Lipinski definition) is 3. The normalized spacial score (nSPS) is 26.0. The van der Waals surface area contributed by atoms with Gasteiger partial charge < -0.3 is 20.2 Å². The van der Waals surface area contributed by atoms with E-state index in [0.29, 0.717) is 44.3 Å². The molecule has 1 aliphatic carbocycles. The van der Waals surface area contributed by atoms with Crippen molar-refractivity contribution in [1.82, 2.24) is 4.90 Å². The van der Waals surface area contributed by atoms with E-state index in [-0.39, 0.29) is 0 Å². The second-order valence-corrected chi connectivity index (χ2v) is 7.49. The summed E-state index contributed by atoms with van der Waals surface area (Å²) in [4.78, 5) is 14.8. The zero-order chi connectivity index (χ0) is 17.4. The van der Waals surface area contributed by atoms with Crippen molar-refractivity contribution < 1.29 is 20.1 Å². The number of aliphatic hydroxyl groups is 2. The average molecular weight is 333 g/mol. The lowest BCUT2D eigenvalue weighted by molar-refractivity contribution is -0.195. The highest BCUT2D eigenvalue weighted by atomic mass is 16.4. The highest BCUT2D eigenvalue weighted by Crippen LogP contribution is 2.54. The van der Waals surface area contributed by atoms with Gasteiger partial charge in [0.05, 0.1) is 11.2 Å². The molecule has 1 heterocycles. The Morgan fingerprint density at radius 3 is 2.00 bits per heavy atom. The standard InChI is InChI=1S/C19H27NO4/c1-20-13-11-18(24,12-14-20)19(16(21)22,15-7-3-2-4-8-15)17(23)9-5-6-10-17/h2-4,7-8,23-24H,5-6,9-14H2,1H3,(H,21,22). The fourth-order valence-corrected chi connectivity index (χ4v) is 4.88. The Bertz CT molecular complexity index is 589. The predicted molar refractivity (Wildman–Crippen MR) is 90.9 cm³/mol. The number of rotatable bonds is 4. The molecule has 1 aliphatic heterocycles. The van der Waals surface area contributed by atoms with Gasteiger partial charge in [0, 0.05) is 13.1 Å². The van der Waals surface area contributed by atoms with Gasteiger partial charge in [0.2, 0.25) is 0 Å². The summed E-state index contributed by atoms with van der Waals surface area (Å²) in [6, 6.07) is 8.86. The summed E-state index contributed by atoms with van der Waals surface area (Å²) in [7, 11) is 1.97. The van der Waals surface area contributed by atoms with Crippen LogP contribution < -0.4 is 0 Å². The van der Waals surface area contributed by atoms with Crippen LogP contribution in [0.4, 0.5) is 0 Å². The topological polar surface area (TPSA) is 81.0 Å². The van der Waals surface area contributed by atoms with Gasteiger partial charge in [0.25, 0.3) is 0 Å². The molecule has 24 heavy (non-hydrogen) atoms. The zero-order valence-electron chi connectivity index (χ0n) is 14.2. The fraction of sp³-hybridized carbons (Fsp3) is 0.632. The van der Waals surface area contributed by atoms with Gasteiger partial charge in [-0.2, -0.15) is 0 Å². The van der Waals surface area contributed by atoms with Gasteiger partial charge in [-0.15, -0.1) is 0 Å². The molecule has 132 valence electrons. The highest BCUT2D eigenvalue weighted by Gasteiger charge is 2.68. The maximum absolute atomic E-state index is 12.7. The third kappa shape index (κ3) is 2.38. The van der Waals surface area contributed by atoms with E-state index in [0.717, 1.165) is 12.8 Å². The molecule has 0 aromatic heterocycles. The summed E-state index contributed by atoms with van der Waals surface area (Å²) in [5.41, 5.74) is -4.08. The molecular weight excluding hydrogens is 306 g/mol. The Balaban J connectivity index is 2.21. The third-order valence-electron chi connectivity index (χ3n) is 6.17. The number of aliphatic carboxylic acids is 1. The van der Waals surface area contributed by atoms with Crippen LogP contribution in [-0.2, 0) is 10.2 Å². The van der Waals surface area contributed by atoms with Crippen molar-refractivity contribution in [2.45, 2.75) is 55.1 Å². The van der Waals surface area contributed by atoms with Gasteiger partial charge in [0.1, 0.15) is 5.41 Å². The van der Waals surface area contributed by atoms with Crippen molar-refractivity contribution in [2.75, 3.05) is 20.1 Å². The lowest BCUT2D eigenvalue weighted by Crippen LogP contribution is -2.70. The van der Waals surface area contributed by atoms with Crippen molar-refractivity contribution in [3.63, 3.8) is 0 Å². The Morgan fingerprint density at radius 1 is 1.00 bits per heavy atom. The second kappa shape index (κ2) is 6.14. The van der Waals surface area contributed by atoms with E-state index < -0.39 is 22.6 Å². The molecule has 2 aliphatic rings. The molecule has 5 heteroatoms. The molecule has 1 atom stereocenters. The van der Waals surface area contributed by atoms with E-state index >= 15 is 0 Å². The van der Waals surface area contributed by atoms with E-state index in [9.17, 15) is 20.1 Å². The largest absolute Gasteiger partial charge is 0.480 e. The van der Waals surface area contributed by atoms with Crippen molar-refractivity contribution >= 4 is 5.97 Å².